The summed E-state index contributed by atoms with van der Waals surface area (Å²) >= 11 is 0. The number of nitrogens with zero attached hydrogens (tertiary/aromatic N) is 2. The van der Waals surface area contributed by atoms with E-state index in [2.05, 4.69) is 9.71 Å². The van der Waals surface area contributed by atoms with Gasteiger partial charge in [-0.25, -0.2) is 18.2 Å². The fourth-order valence-corrected chi connectivity index (χ4v) is 5.10. The van der Waals surface area contributed by atoms with Gasteiger partial charge in [-0.15, -0.1) is 0 Å². The lowest BCUT2D eigenvalue weighted by Gasteiger charge is -2.33. The Labute approximate surface area is 199 Å². The number of aryl methyl sites for hydroxylation is 1. The number of hydrogen-bond donors (Lipinski definition) is 1. The number of amides is 1. The highest BCUT2D eigenvalue weighted by Gasteiger charge is 2.30. The number of esters is 1. The van der Waals surface area contributed by atoms with Crippen LogP contribution in [0.15, 0.2) is 36.4 Å². The van der Waals surface area contributed by atoms with E-state index in [1.54, 1.807) is 44.2 Å². The number of Topliss-reactive ketones (excluding diaryl/α,β-unsaturated/α-hetero) is 1. The molecule has 34 heavy (non-hydrogen) atoms. The molecule has 3 rings (SSSR count). The van der Waals surface area contributed by atoms with Gasteiger partial charge in [0.05, 0.1) is 29.2 Å². The summed E-state index contributed by atoms with van der Waals surface area (Å²) in [4.78, 5) is 43.5. The lowest BCUT2D eigenvalue weighted by molar-refractivity contribution is -0.123. The molecular formula is C24H29N3O6S. The molecule has 1 aromatic carbocycles. The number of benzene rings is 1. The summed E-state index contributed by atoms with van der Waals surface area (Å²) < 4.78 is 32.0. The van der Waals surface area contributed by atoms with Crippen LogP contribution in [-0.4, -0.2) is 50.8 Å². The van der Waals surface area contributed by atoms with Crippen LogP contribution in [0.5, 0.6) is 0 Å². The van der Waals surface area contributed by atoms with Crippen molar-refractivity contribution in [3.8, 4) is 0 Å². The third-order valence-electron chi connectivity index (χ3n) is 5.69. The molecule has 182 valence electrons. The maximum absolute atomic E-state index is 12.6. The van der Waals surface area contributed by atoms with Gasteiger partial charge >= 0.3 is 5.97 Å². The van der Waals surface area contributed by atoms with Gasteiger partial charge in [0, 0.05) is 19.0 Å². The Morgan fingerprint density at radius 2 is 1.76 bits per heavy atom. The van der Waals surface area contributed by atoms with Crippen molar-refractivity contribution in [3.63, 3.8) is 0 Å². The van der Waals surface area contributed by atoms with Crippen LogP contribution >= 0.6 is 0 Å². The molecule has 1 aromatic heterocycles. The zero-order valence-electron chi connectivity index (χ0n) is 19.5. The quantitative estimate of drug-likeness (QED) is 0.445. The second-order valence-electron chi connectivity index (χ2n) is 8.24. The Morgan fingerprint density at radius 1 is 1.12 bits per heavy atom. The monoisotopic (exact) mass is 487 g/mol. The van der Waals surface area contributed by atoms with E-state index in [1.165, 1.54) is 13.0 Å². The number of pyridine rings is 1. The highest BCUT2D eigenvalue weighted by atomic mass is 32.2. The molecule has 0 saturated carbocycles. The van der Waals surface area contributed by atoms with Crippen molar-refractivity contribution in [2.75, 3.05) is 24.6 Å². The highest BCUT2D eigenvalue weighted by molar-refractivity contribution is 7.89. The first-order chi connectivity index (χ1) is 16.1. The largest absolute Gasteiger partial charge is 0.462 e. The molecule has 1 aliphatic rings. The van der Waals surface area contributed by atoms with Crippen LogP contribution in [0.3, 0.4) is 0 Å². The van der Waals surface area contributed by atoms with Gasteiger partial charge in [0.25, 0.3) is 0 Å². The second kappa shape index (κ2) is 10.8. The number of aromatic nitrogens is 1. The van der Waals surface area contributed by atoms with E-state index < -0.39 is 27.8 Å². The number of rotatable bonds is 8. The summed E-state index contributed by atoms with van der Waals surface area (Å²) in [6, 6.07) is 10.2. The number of ketones is 1. The van der Waals surface area contributed by atoms with Crippen LogP contribution in [0.4, 0.5) is 5.82 Å². The molecule has 0 bridgehead atoms. The summed E-state index contributed by atoms with van der Waals surface area (Å²) in [5, 5.41) is 0. The Balaban J connectivity index is 1.68. The number of sulfonamides is 1. The molecule has 1 fully saturated rings. The third kappa shape index (κ3) is 6.19. The van der Waals surface area contributed by atoms with E-state index in [4.69, 9.17) is 4.74 Å². The predicted octanol–water partition coefficient (Wildman–Crippen LogP) is 2.63. The van der Waals surface area contributed by atoms with Crippen molar-refractivity contribution in [1.29, 1.82) is 0 Å². The fourth-order valence-electron chi connectivity index (χ4n) is 3.93. The Hall–Kier alpha value is -3.27. The van der Waals surface area contributed by atoms with Crippen molar-refractivity contribution in [2.45, 2.75) is 39.4 Å². The Morgan fingerprint density at radius 3 is 2.35 bits per heavy atom. The number of piperidine rings is 1. The first-order valence-corrected chi connectivity index (χ1v) is 12.8. The average Bonchev–Trinajstić information content (AvgIpc) is 2.79. The Bertz CT molecular complexity index is 1170. The van der Waals surface area contributed by atoms with E-state index in [0.29, 0.717) is 48.6 Å². The van der Waals surface area contributed by atoms with Crippen LogP contribution in [0, 0.1) is 12.8 Å². The summed E-state index contributed by atoms with van der Waals surface area (Å²) in [6.07, 6.45) is 0.814. The molecule has 0 unspecified atom stereocenters. The smallest absolute Gasteiger partial charge is 0.339 e. The zero-order chi connectivity index (χ0) is 24.9. The second-order valence-corrected chi connectivity index (χ2v) is 9.96. The predicted molar refractivity (Wildman–Crippen MR) is 127 cm³/mol. The minimum absolute atomic E-state index is 0.214. The van der Waals surface area contributed by atoms with Crippen molar-refractivity contribution in [2.24, 2.45) is 5.92 Å². The molecule has 9 nitrogen and oxygen atoms in total. The number of carbonyl (C=O) groups excluding carboxylic acids is 3. The maximum atomic E-state index is 12.6. The normalized spacial score (nSPS) is 14.5. The van der Waals surface area contributed by atoms with Gasteiger partial charge in [-0.05, 0) is 45.2 Å². The van der Waals surface area contributed by atoms with Gasteiger partial charge in [-0.2, -0.15) is 0 Å². The molecule has 2 heterocycles. The molecule has 0 aliphatic carbocycles. The van der Waals surface area contributed by atoms with Crippen LogP contribution < -0.4 is 9.62 Å². The van der Waals surface area contributed by atoms with Gasteiger partial charge in [0.1, 0.15) is 5.82 Å². The van der Waals surface area contributed by atoms with Gasteiger partial charge in [-0.1, -0.05) is 30.3 Å². The van der Waals surface area contributed by atoms with Crippen molar-refractivity contribution < 1.29 is 27.5 Å². The summed E-state index contributed by atoms with van der Waals surface area (Å²) in [7, 11) is -3.80. The van der Waals surface area contributed by atoms with Crippen LogP contribution in [0.2, 0.25) is 0 Å². The van der Waals surface area contributed by atoms with Gasteiger partial charge in [0.2, 0.25) is 15.9 Å². The standard InChI is InChI=1S/C24H29N3O6S/c1-4-33-24(30)20-14-21(17(3)28)22(25-16(20)2)27-12-10-19(11-13-27)23(29)26-34(31,32)15-18-8-6-5-7-9-18/h5-9,14,19H,4,10-13,15H2,1-3H3,(H,26,29). The summed E-state index contributed by atoms with van der Waals surface area (Å²) in [6.45, 7) is 5.84. The molecule has 1 amide bonds. The molecule has 2 aromatic rings. The van der Waals surface area contributed by atoms with E-state index in [1.807, 2.05) is 4.90 Å². The van der Waals surface area contributed by atoms with Gasteiger partial charge < -0.3 is 9.64 Å². The fraction of sp³-hybridized carbons (Fsp3) is 0.417. The molecular weight excluding hydrogens is 458 g/mol. The van der Waals surface area contributed by atoms with Gasteiger partial charge in [0.15, 0.2) is 5.78 Å². The number of anilines is 1. The molecule has 1 saturated heterocycles. The lowest BCUT2D eigenvalue weighted by atomic mass is 9.95. The molecule has 1 N–H and O–H groups in total. The molecule has 0 spiro atoms. The average molecular weight is 488 g/mol. The van der Waals surface area contributed by atoms with E-state index in [9.17, 15) is 22.8 Å². The van der Waals surface area contributed by atoms with E-state index in [0.717, 1.165) is 0 Å². The van der Waals surface area contributed by atoms with Crippen molar-refractivity contribution in [1.82, 2.24) is 9.71 Å². The summed E-state index contributed by atoms with van der Waals surface area (Å²) in [5.41, 5.74) is 1.60. The van der Waals surface area contributed by atoms with Crippen LogP contribution in [0.25, 0.3) is 0 Å². The summed E-state index contributed by atoms with van der Waals surface area (Å²) in [5.74, 6) is -1.58. The number of hydrogen-bond acceptors (Lipinski definition) is 8. The van der Waals surface area contributed by atoms with E-state index >= 15 is 0 Å². The number of carbonyl (C=O) groups is 3. The SMILES string of the molecule is CCOC(=O)c1cc(C(C)=O)c(N2CCC(C(=O)NS(=O)(=O)Cc3ccccc3)CC2)nc1C. The number of ether oxygens (including phenoxy) is 1. The van der Waals surface area contributed by atoms with Crippen LogP contribution in [-0.2, 0) is 25.3 Å². The molecule has 0 atom stereocenters. The maximum Gasteiger partial charge on any atom is 0.339 e. The minimum Gasteiger partial charge on any atom is -0.462 e. The highest BCUT2D eigenvalue weighted by Crippen LogP contribution is 2.27. The molecule has 1 aliphatic heterocycles. The van der Waals surface area contributed by atoms with E-state index in [-0.39, 0.29) is 23.7 Å². The lowest BCUT2D eigenvalue weighted by Crippen LogP contribution is -2.43. The molecule has 0 radical (unpaired) electrons. The van der Waals surface area contributed by atoms with Gasteiger partial charge in [-0.3, -0.25) is 14.3 Å². The Kier molecular flexibility index (Phi) is 8.03. The molecule has 10 heteroatoms. The number of nitrogens with one attached hydrogen (secondary N) is 1. The first-order valence-electron chi connectivity index (χ1n) is 11.1. The first kappa shape index (κ1) is 25.4. The van der Waals surface area contributed by atoms with Crippen LogP contribution in [0.1, 0.15) is 58.7 Å². The van der Waals surface area contributed by atoms with Crippen molar-refractivity contribution in [3.05, 3.63) is 58.8 Å². The zero-order valence-corrected chi connectivity index (χ0v) is 20.4. The topological polar surface area (TPSA) is 123 Å². The third-order valence-corrected chi connectivity index (χ3v) is 6.91. The minimum atomic E-state index is -3.80. The van der Waals surface area contributed by atoms with Crippen molar-refractivity contribution >= 4 is 33.5 Å².